The number of methoxy groups -OCH3 is 2. The Morgan fingerprint density at radius 1 is 1.13 bits per heavy atom. The molecule has 2 heterocycles. The average Bonchev–Trinajstić information content (AvgIpc) is 3.21. The summed E-state index contributed by atoms with van der Waals surface area (Å²) in [5.41, 5.74) is 5.64. The minimum absolute atomic E-state index is 0.240. The van der Waals surface area contributed by atoms with Gasteiger partial charge in [0.25, 0.3) is 0 Å². The van der Waals surface area contributed by atoms with Crippen LogP contribution in [0.2, 0.25) is 0 Å². The highest BCUT2D eigenvalue weighted by molar-refractivity contribution is 7.54. The van der Waals surface area contributed by atoms with Gasteiger partial charge in [0.05, 0.1) is 20.8 Å². The Labute approximate surface area is 224 Å². The first-order valence-corrected chi connectivity index (χ1v) is 13.3. The normalized spacial score (nSPS) is 24.6. The number of carbonyl (C=O) groups excluding carboxylic acids is 5. The van der Waals surface area contributed by atoms with Crippen molar-refractivity contribution in [2.75, 3.05) is 27.4 Å². The predicted molar refractivity (Wildman–Crippen MR) is 131 cm³/mol. The van der Waals surface area contributed by atoms with Crippen LogP contribution >= 0.6 is 7.67 Å². The minimum atomic E-state index is -4.18. The molecule has 39 heavy (non-hydrogen) atoms. The molecule has 2 aliphatic heterocycles. The van der Waals surface area contributed by atoms with Gasteiger partial charge in [-0.1, -0.05) is 6.08 Å². The van der Waals surface area contributed by atoms with E-state index < -0.39 is 81.2 Å². The van der Waals surface area contributed by atoms with Gasteiger partial charge in [-0.25, -0.2) is 10.2 Å². The van der Waals surface area contributed by atoms with Crippen molar-refractivity contribution in [3.63, 3.8) is 0 Å². The number of carbonyl (C=O) groups is 5. The quantitative estimate of drug-likeness (QED) is 0.139. The number of nitrogens with zero attached hydrogens (tertiary/aromatic N) is 1. The van der Waals surface area contributed by atoms with Gasteiger partial charge in [-0.05, 0) is 13.3 Å². The van der Waals surface area contributed by atoms with Crippen LogP contribution in [0.1, 0.15) is 27.2 Å². The average molecular weight is 576 g/mol. The summed E-state index contributed by atoms with van der Waals surface area (Å²) in [5, 5.41) is 4.83. The van der Waals surface area contributed by atoms with E-state index in [9.17, 15) is 28.5 Å². The van der Waals surface area contributed by atoms with Crippen molar-refractivity contribution in [3.8, 4) is 0 Å². The van der Waals surface area contributed by atoms with Crippen molar-refractivity contribution >= 4 is 37.5 Å². The van der Waals surface area contributed by atoms with Gasteiger partial charge in [0.2, 0.25) is 5.91 Å². The van der Waals surface area contributed by atoms with Crippen LogP contribution in [-0.4, -0.2) is 92.6 Å². The molecule has 0 saturated carbocycles. The van der Waals surface area contributed by atoms with Crippen molar-refractivity contribution in [3.05, 3.63) is 24.0 Å². The Bertz CT molecular complexity index is 1060. The first kappa shape index (κ1) is 31.9. The van der Waals surface area contributed by atoms with E-state index in [0.29, 0.717) is 0 Å². The van der Waals surface area contributed by atoms with Gasteiger partial charge in [0.15, 0.2) is 18.4 Å². The summed E-state index contributed by atoms with van der Waals surface area (Å²) in [6.45, 7) is 2.54. The highest BCUT2D eigenvalue weighted by atomic mass is 31.2. The molecule has 1 amide bonds. The molecule has 6 atom stereocenters. The van der Waals surface area contributed by atoms with E-state index in [1.54, 1.807) is 12.3 Å². The minimum Gasteiger partial charge on any atom is -0.468 e. The van der Waals surface area contributed by atoms with Crippen LogP contribution in [0.25, 0.3) is 0 Å². The van der Waals surface area contributed by atoms with Gasteiger partial charge < -0.3 is 38.8 Å². The monoisotopic (exact) mass is 576 g/mol. The van der Waals surface area contributed by atoms with Crippen molar-refractivity contribution in [1.82, 2.24) is 15.1 Å². The number of amides is 1. The number of primary amides is 1. The highest BCUT2D eigenvalue weighted by Gasteiger charge is 2.52. The van der Waals surface area contributed by atoms with Gasteiger partial charge in [-0.2, -0.15) is 0 Å². The van der Waals surface area contributed by atoms with Gasteiger partial charge in [0.1, 0.15) is 18.7 Å². The molecule has 0 bridgehead atoms. The Hall–Kier alpha value is -3.30. The summed E-state index contributed by atoms with van der Waals surface area (Å²) in [6, 6.07) is -1.13. The molecule has 0 radical (unpaired) electrons. The largest absolute Gasteiger partial charge is 0.468 e. The molecule has 0 aromatic carbocycles. The molecule has 17 heteroatoms. The molecule has 4 N–H and O–H groups in total. The van der Waals surface area contributed by atoms with Crippen LogP contribution in [0.15, 0.2) is 24.0 Å². The first-order valence-electron chi connectivity index (χ1n) is 11.7. The van der Waals surface area contributed by atoms with E-state index in [1.165, 1.54) is 18.0 Å². The fourth-order valence-electron chi connectivity index (χ4n) is 3.67. The summed E-state index contributed by atoms with van der Waals surface area (Å²) < 4.78 is 45.1. The zero-order chi connectivity index (χ0) is 29.3. The Kier molecular flexibility index (Phi) is 11.6. The highest BCUT2D eigenvalue weighted by Crippen LogP contribution is 2.40. The lowest BCUT2D eigenvalue weighted by atomic mass is 10.1. The molecule has 0 aliphatic carbocycles. The number of allylic oxidation sites excluding steroid dienone is 1. The molecule has 218 valence electrons. The van der Waals surface area contributed by atoms with Crippen LogP contribution < -0.4 is 15.9 Å². The zero-order valence-electron chi connectivity index (χ0n) is 22.1. The molecule has 2 rings (SSSR count). The van der Waals surface area contributed by atoms with Crippen LogP contribution in [0, 0.1) is 0 Å². The van der Waals surface area contributed by atoms with Crippen LogP contribution in [0.3, 0.4) is 0 Å². The topological polar surface area (TPSA) is 211 Å². The lowest BCUT2D eigenvalue weighted by molar-refractivity contribution is -0.166. The summed E-state index contributed by atoms with van der Waals surface area (Å²) in [4.78, 5) is 60.5. The number of rotatable bonds is 13. The van der Waals surface area contributed by atoms with Gasteiger partial charge in [-0.3, -0.25) is 28.5 Å². The fraction of sp³-hybridized carbons (Fsp3) is 0.591. The third kappa shape index (κ3) is 9.14. The van der Waals surface area contributed by atoms with E-state index in [2.05, 4.69) is 19.6 Å². The molecular formula is C22H33N4O12P. The van der Waals surface area contributed by atoms with Gasteiger partial charge in [0, 0.05) is 31.8 Å². The number of nitrogens with one attached hydrogen (secondary N) is 2. The maximum absolute atomic E-state index is 13.5. The Morgan fingerprint density at radius 2 is 1.77 bits per heavy atom. The molecule has 0 spiro atoms. The zero-order valence-corrected chi connectivity index (χ0v) is 23.0. The molecular weight excluding hydrogens is 543 g/mol. The lowest BCUT2D eigenvalue weighted by Gasteiger charge is -2.30. The summed E-state index contributed by atoms with van der Waals surface area (Å²) in [7, 11) is -1.92. The Morgan fingerprint density at radius 3 is 2.33 bits per heavy atom. The molecule has 0 aromatic heterocycles. The second-order valence-corrected chi connectivity index (χ2v) is 10.3. The fourth-order valence-corrected chi connectivity index (χ4v) is 5.23. The predicted octanol–water partition coefficient (Wildman–Crippen LogP) is -0.798. The smallest absolute Gasteiger partial charge is 0.342 e. The number of hydrogen-bond donors (Lipinski definition) is 3. The van der Waals surface area contributed by atoms with Gasteiger partial charge in [-0.15, -0.1) is 0 Å². The first-order chi connectivity index (χ1) is 18.3. The number of esters is 4. The molecule has 16 nitrogen and oxygen atoms in total. The number of ether oxygens (including phenoxy) is 5. The van der Waals surface area contributed by atoms with E-state index in [-0.39, 0.29) is 12.0 Å². The van der Waals surface area contributed by atoms with E-state index in [1.807, 2.05) is 0 Å². The molecule has 2 aliphatic rings. The van der Waals surface area contributed by atoms with Crippen molar-refractivity contribution in [2.45, 2.75) is 57.8 Å². The summed E-state index contributed by atoms with van der Waals surface area (Å²) in [6.07, 6.45) is 0.110. The maximum atomic E-state index is 13.5. The second-order valence-electron chi connectivity index (χ2n) is 8.40. The third-order valence-corrected chi connectivity index (χ3v) is 7.23. The Balaban J connectivity index is 2.35. The van der Waals surface area contributed by atoms with Crippen LogP contribution in [-0.2, 0) is 56.7 Å². The maximum Gasteiger partial charge on any atom is 0.342 e. The third-order valence-electron chi connectivity index (χ3n) is 5.42. The van der Waals surface area contributed by atoms with Crippen molar-refractivity contribution in [1.29, 1.82) is 0 Å². The molecule has 1 unspecified atom stereocenters. The molecule has 0 aromatic rings. The van der Waals surface area contributed by atoms with Crippen molar-refractivity contribution < 1.29 is 56.7 Å². The summed E-state index contributed by atoms with van der Waals surface area (Å²) in [5.74, 6) is -3.67. The van der Waals surface area contributed by atoms with Crippen LogP contribution in [0.4, 0.5) is 0 Å². The number of nitrogens with two attached hydrogens (primary N) is 1. The van der Waals surface area contributed by atoms with Crippen LogP contribution in [0.5, 0.6) is 0 Å². The van der Waals surface area contributed by atoms with Crippen molar-refractivity contribution in [2.24, 2.45) is 5.73 Å². The lowest BCUT2D eigenvalue weighted by Crippen LogP contribution is -2.45. The van der Waals surface area contributed by atoms with E-state index in [0.717, 1.165) is 28.1 Å². The summed E-state index contributed by atoms with van der Waals surface area (Å²) >= 11 is 0. The molecule has 1 fully saturated rings. The van der Waals surface area contributed by atoms with E-state index in [4.69, 9.17) is 24.5 Å². The molecule has 1 saturated heterocycles. The second kappa shape index (κ2) is 14.2. The number of hydrogen-bond acceptors (Lipinski definition) is 13. The standard InChI is InChI=1S/C22H33N4O12P/c1-12(22(31)34-5)25-39(32,24-9-17(29)33-4)35-11-16-18(36-13(2)27)19(37-14(3)28)21(38-16)26-8-6-7-15(10-26)20(23)30/h6,8,10,12,16,18-19,21H,7,9,11H2,1-5H3,(H2,23,30)(H2,24,25,32)/t12-,16+,18+,19+,21+,39?/m0/s1. The van der Waals surface area contributed by atoms with Gasteiger partial charge >= 0.3 is 31.5 Å². The van der Waals surface area contributed by atoms with E-state index >= 15 is 0 Å². The SMILES string of the molecule is COC(=O)CNP(=O)(N[C@@H](C)C(=O)OC)OC[C@H]1O[C@@H](N2C=CCC(C(N)=O)=C2)[C@H](OC(C)=O)[C@@H]1OC(C)=O.